The van der Waals surface area contributed by atoms with Crippen molar-refractivity contribution in [1.82, 2.24) is 0 Å². The van der Waals surface area contributed by atoms with Gasteiger partial charge in [-0.1, -0.05) is 13.8 Å². The highest BCUT2D eigenvalue weighted by Gasteiger charge is 2.75. The van der Waals surface area contributed by atoms with Crippen LogP contribution < -0.4 is 0 Å². The van der Waals surface area contributed by atoms with E-state index in [1.54, 1.807) is 6.92 Å². The Morgan fingerprint density at radius 3 is 2.32 bits per heavy atom. The van der Waals surface area contributed by atoms with E-state index in [4.69, 9.17) is 14.2 Å². The minimum atomic E-state index is -0.795. The van der Waals surface area contributed by atoms with E-state index in [1.807, 2.05) is 13.8 Å². The van der Waals surface area contributed by atoms with Gasteiger partial charge < -0.3 is 14.2 Å². The molecule has 0 radical (unpaired) electrons. The molecule has 0 aromatic rings. The van der Waals surface area contributed by atoms with Gasteiger partial charge in [-0.3, -0.25) is 9.59 Å². The predicted molar refractivity (Wildman–Crippen MR) is 116 cm³/mol. The van der Waals surface area contributed by atoms with E-state index in [1.165, 1.54) is 19.8 Å². The molecule has 1 saturated heterocycles. The van der Waals surface area contributed by atoms with Gasteiger partial charge in [0.15, 0.2) is 17.2 Å². The third-order valence-corrected chi connectivity index (χ3v) is 10.5. The van der Waals surface area contributed by atoms with Crippen molar-refractivity contribution in [2.75, 3.05) is 0 Å². The number of rotatable bonds is 2. The lowest BCUT2D eigenvalue weighted by atomic mass is 9.44. The first-order valence-electron chi connectivity index (χ1n) is 12.5. The number of ketones is 1. The highest BCUT2D eigenvalue weighted by Crippen LogP contribution is 2.71. The smallest absolute Gasteiger partial charge is 0.302 e. The minimum absolute atomic E-state index is 0.0943. The molecule has 9 atom stereocenters. The van der Waals surface area contributed by atoms with Crippen molar-refractivity contribution in [3.05, 3.63) is 0 Å². The maximum atomic E-state index is 13.1. The minimum Gasteiger partial charge on any atom is -0.463 e. The van der Waals surface area contributed by atoms with Crippen LogP contribution in [0.25, 0.3) is 0 Å². The number of fused-ring (bicyclic) bond motifs is 7. The van der Waals surface area contributed by atoms with Crippen LogP contribution in [0.2, 0.25) is 0 Å². The standard InChI is InChI=1S/C26H40O5/c1-15(27)26-22(30-23(3,4)31-26)14-21-19-8-7-17-13-18(29-16(2)28)9-11-24(17,5)20(19)10-12-25(21,26)6/h17-22H,7-14H2,1-6H3/t17-,18-,19+,20-,21-,22-,24-,25-,26-/m0/s1. The molecule has 5 rings (SSSR count). The van der Waals surface area contributed by atoms with Crippen molar-refractivity contribution in [1.29, 1.82) is 0 Å². The Kier molecular flexibility index (Phi) is 4.79. The summed E-state index contributed by atoms with van der Waals surface area (Å²) < 4.78 is 18.5. The van der Waals surface area contributed by atoms with Crippen LogP contribution in [-0.2, 0) is 23.8 Å². The SMILES string of the molecule is CC(=O)O[C@H]1CC[C@@]2(C)[C@@H](CC[C@@H]3[C@@H]2CC[C@@]2(C)[C@H]3C[C@@H]3OC(C)(C)O[C@@]32C(C)=O)C1. The zero-order valence-electron chi connectivity index (χ0n) is 20.2. The van der Waals surface area contributed by atoms with Gasteiger partial charge in [0.1, 0.15) is 6.10 Å². The summed E-state index contributed by atoms with van der Waals surface area (Å²) in [4.78, 5) is 24.6. The molecule has 0 unspecified atom stereocenters. The summed E-state index contributed by atoms with van der Waals surface area (Å²) >= 11 is 0. The highest BCUT2D eigenvalue weighted by atomic mass is 16.8. The van der Waals surface area contributed by atoms with Crippen LogP contribution in [0.4, 0.5) is 0 Å². The van der Waals surface area contributed by atoms with Crippen molar-refractivity contribution < 1.29 is 23.8 Å². The lowest BCUT2D eigenvalue weighted by Gasteiger charge is -2.61. The molecular weight excluding hydrogens is 392 g/mol. The Morgan fingerprint density at radius 2 is 1.65 bits per heavy atom. The summed E-state index contributed by atoms with van der Waals surface area (Å²) in [5, 5.41) is 0. The summed E-state index contributed by atoms with van der Waals surface area (Å²) in [6.45, 7) is 12.0. The molecule has 4 aliphatic carbocycles. The van der Waals surface area contributed by atoms with Crippen molar-refractivity contribution in [3.8, 4) is 0 Å². The summed E-state index contributed by atoms with van der Waals surface area (Å²) in [5.74, 6) is 1.71. The molecule has 5 heteroatoms. The second kappa shape index (κ2) is 6.79. The lowest BCUT2D eigenvalue weighted by Crippen LogP contribution is -2.60. The molecule has 0 N–H and O–H groups in total. The number of hydrogen-bond acceptors (Lipinski definition) is 5. The summed E-state index contributed by atoms with van der Waals surface area (Å²) in [5.41, 5.74) is -0.642. The number of carbonyl (C=O) groups excluding carboxylic acids is 2. The number of ether oxygens (including phenoxy) is 3. The second-order valence-corrected chi connectivity index (χ2v) is 12.3. The summed E-state index contributed by atoms with van der Waals surface area (Å²) in [6.07, 6.45) is 8.66. The van der Waals surface area contributed by atoms with Crippen LogP contribution in [0.3, 0.4) is 0 Å². The molecule has 5 fully saturated rings. The number of hydrogen-bond donors (Lipinski definition) is 0. The van der Waals surface area contributed by atoms with Gasteiger partial charge in [-0.25, -0.2) is 0 Å². The molecule has 174 valence electrons. The number of Topliss-reactive ketones (excluding diaryl/α,β-unsaturated/α-hetero) is 1. The van der Waals surface area contributed by atoms with Gasteiger partial charge in [0.25, 0.3) is 0 Å². The highest BCUT2D eigenvalue weighted by molar-refractivity contribution is 5.88. The summed E-state index contributed by atoms with van der Waals surface area (Å²) in [7, 11) is 0. The second-order valence-electron chi connectivity index (χ2n) is 12.3. The van der Waals surface area contributed by atoms with E-state index in [-0.39, 0.29) is 29.4 Å². The first-order chi connectivity index (χ1) is 14.4. The fraction of sp³-hybridized carbons (Fsp3) is 0.923. The van der Waals surface area contributed by atoms with Gasteiger partial charge in [-0.2, -0.15) is 0 Å². The zero-order chi connectivity index (χ0) is 22.4. The quantitative estimate of drug-likeness (QED) is 0.572. The number of esters is 1. The van der Waals surface area contributed by atoms with E-state index >= 15 is 0 Å². The molecule has 0 amide bonds. The third kappa shape index (κ3) is 2.87. The summed E-state index contributed by atoms with van der Waals surface area (Å²) in [6, 6.07) is 0. The Labute approximate surface area is 186 Å². The molecule has 4 saturated carbocycles. The van der Waals surface area contributed by atoms with Crippen molar-refractivity contribution >= 4 is 11.8 Å². The maximum Gasteiger partial charge on any atom is 0.302 e. The molecule has 0 spiro atoms. The molecule has 0 aromatic carbocycles. The van der Waals surface area contributed by atoms with Crippen molar-refractivity contribution in [3.63, 3.8) is 0 Å². The Morgan fingerprint density at radius 1 is 0.903 bits per heavy atom. The molecule has 0 bridgehead atoms. The molecule has 5 aliphatic rings. The third-order valence-electron chi connectivity index (χ3n) is 10.5. The Hall–Kier alpha value is -0.940. The average Bonchev–Trinajstić information content (AvgIpc) is 3.08. The van der Waals surface area contributed by atoms with Gasteiger partial charge in [-0.05, 0) is 101 Å². The van der Waals surface area contributed by atoms with Crippen LogP contribution in [-0.4, -0.2) is 35.3 Å². The predicted octanol–water partition coefficient (Wildman–Crippen LogP) is 5.05. The van der Waals surface area contributed by atoms with Crippen LogP contribution in [0, 0.1) is 34.5 Å². The van der Waals surface area contributed by atoms with Gasteiger partial charge in [0.2, 0.25) is 0 Å². The van der Waals surface area contributed by atoms with E-state index in [9.17, 15) is 9.59 Å². The van der Waals surface area contributed by atoms with E-state index in [0.29, 0.717) is 29.1 Å². The molecule has 0 aromatic heterocycles. The van der Waals surface area contributed by atoms with Crippen LogP contribution in [0.15, 0.2) is 0 Å². The van der Waals surface area contributed by atoms with E-state index in [2.05, 4.69) is 13.8 Å². The molecule has 5 nitrogen and oxygen atoms in total. The molecule has 1 heterocycles. The average molecular weight is 433 g/mol. The zero-order valence-corrected chi connectivity index (χ0v) is 20.2. The van der Waals surface area contributed by atoms with Gasteiger partial charge in [0.05, 0.1) is 6.10 Å². The van der Waals surface area contributed by atoms with E-state index in [0.717, 1.165) is 38.5 Å². The molecular formula is C26H40O5. The molecule has 1 aliphatic heterocycles. The molecule has 31 heavy (non-hydrogen) atoms. The Bertz CT molecular complexity index is 791. The van der Waals surface area contributed by atoms with Crippen LogP contribution in [0.5, 0.6) is 0 Å². The monoisotopic (exact) mass is 432 g/mol. The fourth-order valence-electron chi connectivity index (χ4n) is 9.31. The van der Waals surface area contributed by atoms with Crippen molar-refractivity contribution in [2.24, 2.45) is 34.5 Å². The topological polar surface area (TPSA) is 61.8 Å². The maximum absolute atomic E-state index is 13.1. The van der Waals surface area contributed by atoms with Crippen LogP contribution in [0.1, 0.15) is 92.9 Å². The first-order valence-corrected chi connectivity index (χ1v) is 12.5. The normalized spacial score (nSPS) is 52.5. The van der Waals surface area contributed by atoms with E-state index < -0.39 is 11.4 Å². The first kappa shape index (κ1) is 21.9. The van der Waals surface area contributed by atoms with Gasteiger partial charge >= 0.3 is 5.97 Å². The lowest BCUT2D eigenvalue weighted by molar-refractivity contribution is -0.219. The number of carbonyl (C=O) groups is 2. The van der Waals surface area contributed by atoms with Gasteiger partial charge in [-0.15, -0.1) is 0 Å². The largest absolute Gasteiger partial charge is 0.463 e. The Balaban J connectivity index is 1.43. The van der Waals surface area contributed by atoms with Crippen LogP contribution >= 0.6 is 0 Å². The van der Waals surface area contributed by atoms with Crippen molar-refractivity contribution in [2.45, 2.75) is 117 Å². The fourth-order valence-corrected chi connectivity index (χ4v) is 9.31. The van der Waals surface area contributed by atoms with Gasteiger partial charge in [0, 0.05) is 12.3 Å².